The molecule has 1 fully saturated rings. The third-order valence-electron chi connectivity index (χ3n) is 7.13. The number of amides is 2. The van der Waals surface area contributed by atoms with Gasteiger partial charge in [0, 0.05) is 56.9 Å². The van der Waals surface area contributed by atoms with Crippen LogP contribution in [0.15, 0.2) is 84.9 Å². The second kappa shape index (κ2) is 15.6. The molecule has 1 saturated heterocycles. The smallest absolute Gasteiger partial charge is 0.254 e. The average Bonchev–Trinajstić information content (AvgIpc) is 3.03. The van der Waals surface area contributed by atoms with E-state index in [1.165, 1.54) is 0 Å². The molecule has 0 unspecified atom stereocenters. The van der Waals surface area contributed by atoms with E-state index in [4.69, 9.17) is 14.2 Å². The maximum Gasteiger partial charge on any atom is 0.254 e. The molecule has 0 radical (unpaired) electrons. The first-order valence-corrected chi connectivity index (χ1v) is 13.9. The number of carbonyl (C=O) groups excluding carboxylic acids is 2. The highest BCUT2D eigenvalue weighted by molar-refractivity contribution is 5.94. The Morgan fingerprint density at radius 1 is 0.854 bits per heavy atom. The van der Waals surface area contributed by atoms with Crippen LogP contribution >= 0.6 is 0 Å². The van der Waals surface area contributed by atoms with E-state index in [1.54, 1.807) is 38.5 Å². The number of piperazine rings is 1. The minimum atomic E-state index is -0.0401. The van der Waals surface area contributed by atoms with Crippen LogP contribution in [0.4, 0.5) is 0 Å². The Hall–Kier alpha value is -4.14. The van der Waals surface area contributed by atoms with Crippen LogP contribution in [0.3, 0.4) is 0 Å². The Kier molecular flexibility index (Phi) is 11.3. The molecule has 1 aliphatic heterocycles. The van der Waals surface area contributed by atoms with E-state index >= 15 is 0 Å². The van der Waals surface area contributed by atoms with Crippen LogP contribution < -0.4 is 9.47 Å². The van der Waals surface area contributed by atoms with Gasteiger partial charge in [-0.3, -0.25) is 14.5 Å². The van der Waals surface area contributed by atoms with Gasteiger partial charge in [0.05, 0.1) is 20.8 Å². The zero-order valence-corrected chi connectivity index (χ0v) is 23.9. The molecular formula is C33H39N3O5. The molecule has 0 N–H and O–H groups in total. The van der Waals surface area contributed by atoms with Gasteiger partial charge in [-0.05, 0) is 35.9 Å². The third kappa shape index (κ3) is 8.93. The molecule has 41 heavy (non-hydrogen) atoms. The average molecular weight is 558 g/mol. The van der Waals surface area contributed by atoms with Crippen LogP contribution in [0, 0.1) is 0 Å². The van der Waals surface area contributed by atoms with Crippen molar-refractivity contribution in [2.75, 3.05) is 66.6 Å². The summed E-state index contributed by atoms with van der Waals surface area (Å²) in [5.41, 5.74) is 2.62. The van der Waals surface area contributed by atoms with E-state index in [0.717, 1.165) is 36.5 Å². The Morgan fingerprint density at radius 2 is 1.56 bits per heavy atom. The summed E-state index contributed by atoms with van der Waals surface area (Å²) >= 11 is 0. The van der Waals surface area contributed by atoms with Crippen LogP contribution in [0.5, 0.6) is 11.5 Å². The van der Waals surface area contributed by atoms with Crippen LogP contribution in [-0.2, 0) is 16.1 Å². The number of para-hydroxylation sites is 1. The van der Waals surface area contributed by atoms with Crippen molar-refractivity contribution >= 4 is 17.9 Å². The molecule has 1 heterocycles. The summed E-state index contributed by atoms with van der Waals surface area (Å²) in [5.74, 6) is 1.47. The molecule has 8 nitrogen and oxygen atoms in total. The first-order chi connectivity index (χ1) is 20.1. The Balaban J connectivity index is 1.30. The number of benzene rings is 3. The SMILES string of the molecule is COc1ccc(C(=O)N(C/C=C/c2ccccc2OC)CCN2CCN(C(=O)COCc3ccccc3)CC2)cc1. The van der Waals surface area contributed by atoms with Crippen LogP contribution in [-0.4, -0.2) is 93.2 Å². The molecule has 0 spiro atoms. The van der Waals surface area contributed by atoms with Crippen molar-refractivity contribution in [3.8, 4) is 11.5 Å². The highest BCUT2D eigenvalue weighted by atomic mass is 16.5. The van der Waals surface area contributed by atoms with Gasteiger partial charge < -0.3 is 24.0 Å². The molecule has 0 atom stereocenters. The van der Waals surface area contributed by atoms with Gasteiger partial charge in [0.15, 0.2) is 0 Å². The number of nitrogens with zero attached hydrogens (tertiary/aromatic N) is 3. The minimum absolute atomic E-state index is 0.0124. The van der Waals surface area contributed by atoms with Crippen LogP contribution in [0.2, 0.25) is 0 Å². The predicted molar refractivity (Wildman–Crippen MR) is 160 cm³/mol. The van der Waals surface area contributed by atoms with Crippen LogP contribution in [0.1, 0.15) is 21.5 Å². The van der Waals surface area contributed by atoms with Gasteiger partial charge in [-0.25, -0.2) is 0 Å². The molecular weight excluding hydrogens is 518 g/mol. The van der Waals surface area contributed by atoms with E-state index in [0.29, 0.717) is 44.1 Å². The van der Waals surface area contributed by atoms with Gasteiger partial charge in [0.1, 0.15) is 18.1 Å². The lowest BCUT2D eigenvalue weighted by molar-refractivity contribution is -0.138. The van der Waals surface area contributed by atoms with Crippen molar-refractivity contribution in [2.24, 2.45) is 0 Å². The zero-order valence-electron chi connectivity index (χ0n) is 23.9. The first-order valence-electron chi connectivity index (χ1n) is 13.9. The second-order valence-electron chi connectivity index (χ2n) is 9.82. The van der Waals surface area contributed by atoms with Gasteiger partial charge in [-0.15, -0.1) is 0 Å². The molecule has 0 bridgehead atoms. The fraction of sp³-hybridized carbons (Fsp3) is 0.333. The maximum atomic E-state index is 13.5. The normalized spacial score (nSPS) is 13.8. The molecule has 216 valence electrons. The van der Waals surface area contributed by atoms with Gasteiger partial charge in [-0.2, -0.15) is 0 Å². The predicted octanol–water partition coefficient (Wildman–Crippen LogP) is 4.22. The van der Waals surface area contributed by atoms with E-state index in [9.17, 15) is 9.59 Å². The standard InChI is InChI=1S/C33H39N3O5/c1-39-30-16-14-29(15-17-30)33(38)36(18-8-12-28-11-6-7-13-31(28)40-2)24-21-34-19-22-35(23-20-34)32(37)26-41-25-27-9-4-3-5-10-27/h3-17H,18-26H2,1-2H3/b12-8+. The summed E-state index contributed by atoms with van der Waals surface area (Å²) < 4.78 is 16.3. The van der Waals surface area contributed by atoms with E-state index in [2.05, 4.69) is 4.90 Å². The molecule has 4 rings (SSSR count). The number of carbonyl (C=O) groups is 2. The van der Waals surface area contributed by atoms with Crippen molar-refractivity contribution in [3.05, 3.63) is 102 Å². The number of hydrogen-bond donors (Lipinski definition) is 0. The topological polar surface area (TPSA) is 71.5 Å². The number of hydrogen-bond acceptors (Lipinski definition) is 6. The summed E-state index contributed by atoms with van der Waals surface area (Å²) in [6.45, 7) is 5.05. The molecule has 0 saturated carbocycles. The largest absolute Gasteiger partial charge is 0.497 e. The molecule has 0 aliphatic carbocycles. The van der Waals surface area contributed by atoms with Crippen molar-refractivity contribution in [3.63, 3.8) is 0 Å². The maximum absolute atomic E-state index is 13.5. The third-order valence-corrected chi connectivity index (χ3v) is 7.13. The molecule has 3 aromatic rings. The minimum Gasteiger partial charge on any atom is -0.497 e. The van der Waals surface area contributed by atoms with Gasteiger partial charge in [-0.1, -0.05) is 60.7 Å². The molecule has 8 heteroatoms. The zero-order chi connectivity index (χ0) is 28.9. The summed E-state index contributed by atoms with van der Waals surface area (Å²) in [6.07, 6.45) is 3.97. The highest BCUT2D eigenvalue weighted by Crippen LogP contribution is 2.19. The first kappa shape index (κ1) is 29.8. The van der Waals surface area contributed by atoms with Gasteiger partial charge in [0.2, 0.25) is 5.91 Å². The number of ether oxygens (including phenoxy) is 3. The van der Waals surface area contributed by atoms with Crippen molar-refractivity contribution in [1.29, 1.82) is 0 Å². The van der Waals surface area contributed by atoms with Gasteiger partial charge in [0.25, 0.3) is 5.91 Å². The quantitative estimate of drug-likeness (QED) is 0.314. The van der Waals surface area contributed by atoms with Crippen LogP contribution in [0.25, 0.3) is 6.08 Å². The molecule has 2 amide bonds. The monoisotopic (exact) mass is 557 g/mol. The summed E-state index contributed by atoms with van der Waals surface area (Å²) in [6, 6.07) is 24.8. The fourth-order valence-corrected chi connectivity index (χ4v) is 4.71. The van der Waals surface area contributed by atoms with Gasteiger partial charge >= 0.3 is 0 Å². The summed E-state index contributed by atoms with van der Waals surface area (Å²) in [4.78, 5) is 32.1. The Morgan fingerprint density at radius 3 is 2.27 bits per heavy atom. The Labute approximate surface area is 242 Å². The summed E-state index contributed by atoms with van der Waals surface area (Å²) in [5, 5.41) is 0. The van der Waals surface area contributed by atoms with E-state index < -0.39 is 0 Å². The van der Waals surface area contributed by atoms with E-state index in [-0.39, 0.29) is 18.4 Å². The lowest BCUT2D eigenvalue weighted by Gasteiger charge is -2.35. The van der Waals surface area contributed by atoms with Crippen molar-refractivity contribution < 1.29 is 23.8 Å². The number of methoxy groups -OCH3 is 2. The second-order valence-corrected chi connectivity index (χ2v) is 9.82. The molecule has 1 aliphatic rings. The lowest BCUT2D eigenvalue weighted by atomic mass is 10.1. The Bertz CT molecular complexity index is 1270. The highest BCUT2D eigenvalue weighted by Gasteiger charge is 2.22. The van der Waals surface area contributed by atoms with Crippen molar-refractivity contribution in [2.45, 2.75) is 6.61 Å². The van der Waals surface area contributed by atoms with Crippen molar-refractivity contribution in [1.82, 2.24) is 14.7 Å². The molecule has 3 aromatic carbocycles. The molecule has 0 aromatic heterocycles. The van der Waals surface area contributed by atoms with E-state index in [1.807, 2.05) is 76.5 Å². The summed E-state index contributed by atoms with van der Waals surface area (Å²) in [7, 11) is 3.26. The lowest BCUT2D eigenvalue weighted by Crippen LogP contribution is -2.51. The fourth-order valence-electron chi connectivity index (χ4n) is 4.71. The number of rotatable bonds is 13.